The summed E-state index contributed by atoms with van der Waals surface area (Å²) in [4.78, 5) is 10.9. The minimum absolute atomic E-state index is 0.0673. The fourth-order valence-electron chi connectivity index (χ4n) is 1.06. The Bertz CT molecular complexity index is 148. The van der Waals surface area contributed by atoms with Crippen molar-refractivity contribution in [3.63, 3.8) is 0 Å². The zero-order valence-electron chi connectivity index (χ0n) is 9.08. The Hall–Kier alpha value is -0.770. The van der Waals surface area contributed by atoms with Crippen molar-refractivity contribution in [2.24, 2.45) is 5.92 Å². The molecular formula is C10H21NO3. The van der Waals surface area contributed by atoms with Crippen molar-refractivity contribution >= 4 is 6.09 Å². The van der Waals surface area contributed by atoms with Crippen molar-refractivity contribution in [1.29, 1.82) is 0 Å². The topological polar surface area (TPSA) is 58.6 Å². The molecule has 0 bridgehead atoms. The van der Waals surface area contributed by atoms with E-state index in [1.165, 1.54) is 6.42 Å². The van der Waals surface area contributed by atoms with Gasteiger partial charge in [0.1, 0.15) is 6.61 Å². The maximum absolute atomic E-state index is 10.9. The average molecular weight is 203 g/mol. The smallest absolute Gasteiger partial charge is 0.407 e. The number of unbranched alkanes of at least 4 members (excludes halogenated alkanes) is 1. The molecule has 0 unspecified atom stereocenters. The summed E-state index contributed by atoms with van der Waals surface area (Å²) in [5, 5.41) is 11.0. The van der Waals surface area contributed by atoms with Gasteiger partial charge in [0.05, 0.1) is 6.61 Å². The molecule has 0 aliphatic carbocycles. The lowest BCUT2D eigenvalue weighted by Gasteiger charge is -2.06. The molecule has 1 amide bonds. The van der Waals surface area contributed by atoms with Gasteiger partial charge in [0.15, 0.2) is 0 Å². The van der Waals surface area contributed by atoms with Crippen LogP contribution in [0.15, 0.2) is 0 Å². The summed E-state index contributed by atoms with van der Waals surface area (Å²) < 4.78 is 4.62. The van der Waals surface area contributed by atoms with Crippen LogP contribution in [0, 0.1) is 5.92 Å². The van der Waals surface area contributed by atoms with Gasteiger partial charge in [-0.25, -0.2) is 4.79 Å². The molecule has 0 rings (SSSR count). The van der Waals surface area contributed by atoms with Crippen LogP contribution in [0.2, 0.25) is 0 Å². The Morgan fingerprint density at radius 3 is 2.71 bits per heavy atom. The van der Waals surface area contributed by atoms with E-state index in [1.54, 1.807) is 0 Å². The Labute approximate surface area is 85.6 Å². The number of hydrogen-bond acceptors (Lipinski definition) is 3. The van der Waals surface area contributed by atoms with Crippen LogP contribution < -0.4 is 5.32 Å². The van der Waals surface area contributed by atoms with E-state index in [2.05, 4.69) is 23.9 Å². The van der Waals surface area contributed by atoms with Crippen LogP contribution in [0.1, 0.15) is 33.1 Å². The summed E-state index contributed by atoms with van der Waals surface area (Å²) in [7, 11) is 0. The predicted molar refractivity (Wildman–Crippen MR) is 55.1 cm³/mol. The van der Waals surface area contributed by atoms with Crippen molar-refractivity contribution in [3.05, 3.63) is 0 Å². The highest BCUT2D eigenvalue weighted by Crippen LogP contribution is 2.04. The SMILES string of the molecule is CC(C)CCCCNC(=O)OCCO. The number of ether oxygens (including phenoxy) is 1. The van der Waals surface area contributed by atoms with Crippen molar-refractivity contribution < 1.29 is 14.6 Å². The molecular weight excluding hydrogens is 182 g/mol. The van der Waals surface area contributed by atoms with Crippen LogP contribution >= 0.6 is 0 Å². The number of nitrogens with one attached hydrogen (secondary N) is 1. The predicted octanol–water partition coefficient (Wildman–Crippen LogP) is 1.53. The van der Waals surface area contributed by atoms with Gasteiger partial charge in [0, 0.05) is 6.54 Å². The van der Waals surface area contributed by atoms with E-state index in [9.17, 15) is 4.79 Å². The number of carbonyl (C=O) groups is 1. The minimum atomic E-state index is -0.441. The number of aliphatic hydroxyl groups excluding tert-OH is 1. The van der Waals surface area contributed by atoms with Crippen molar-refractivity contribution in [2.45, 2.75) is 33.1 Å². The number of rotatable bonds is 7. The van der Waals surface area contributed by atoms with Crippen molar-refractivity contribution in [2.75, 3.05) is 19.8 Å². The molecule has 0 saturated heterocycles. The van der Waals surface area contributed by atoms with Crippen LogP contribution in [0.25, 0.3) is 0 Å². The largest absolute Gasteiger partial charge is 0.447 e. The van der Waals surface area contributed by atoms with E-state index in [1.807, 2.05) is 0 Å². The third kappa shape index (κ3) is 9.32. The summed E-state index contributed by atoms with van der Waals surface area (Å²) in [5.74, 6) is 0.719. The first-order valence-electron chi connectivity index (χ1n) is 5.18. The molecule has 0 saturated carbocycles. The molecule has 0 fully saturated rings. The summed E-state index contributed by atoms with van der Waals surface area (Å²) >= 11 is 0. The van der Waals surface area contributed by atoms with Gasteiger partial charge >= 0.3 is 6.09 Å². The monoisotopic (exact) mass is 203 g/mol. The quantitative estimate of drug-likeness (QED) is 0.617. The van der Waals surface area contributed by atoms with Crippen molar-refractivity contribution in [1.82, 2.24) is 5.32 Å². The molecule has 4 heteroatoms. The highest BCUT2D eigenvalue weighted by molar-refractivity contribution is 5.66. The number of carbonyl (C=O) groups excluding carboxylic acids is 1. The number of alkyl carbamates (subject to hydrolysis) is 1. The highest BCUT2D eigenvalue weighted by Gasteiger charge is 1.99. The fraction of sp³-hybridized carbons (Fsp3) is 0.900. The van der Waals surface area contributed by atoms with Gasteiger partial charge in [0.2, 0.25) is 0 Å². The Morgan fingerprint density at radius 1 is 1.43 bits per heavy atom. The zero-order valence-corrected chi connectivity index (χ0v) is 9.08. The lowest BCUT2D eigenvalue weighted by molar-refractivity contribution is 0.119. The van der Waals surface area contributed by atoms with Gasteiger partial charge in [-0.15, -0.1) is 0 Å². The van der Waals surface area contributed by atoms with Gasteiger partial charge in [-0.05, 0) is 12.3 Å². The molecule has 0 heterocycles. The van der Waals surface area contributed by atoms with Crippen LogP contribution in [-0.2, 0) is 4.74 Å². The van der Waals surface area contributed by atoms with E-state index >= 15 is 0 Å². The molecule has 84 valence electrons. The number of amides is 1. The Morgan fingerprint density at radius 2 is 2.14 bits per heavy atom. The van der Waals surface area contributed by atoms with Gasteiger partial charge in [0.25, 0.3) is 0 Å². The maximum Gasteiger partial charge on any atom is 0.407 e. The van der Waals surface area contributed by atoms with E-state index in [4.69, 9.17) is 5.11 Å². The third-order valence-corrected chi connectivity index (χ3v) is 1.80. The Kier molecular flexibility index (Phi) is 8.33. The van der Waals surface area contributed by atoms with Crippen LogP contribution in [0.5, 0.6) is 0 Å². The fourth-order valence-corrected chi connectivity index (χ4v) is 1.06. The first kappa shape index (κ1) is 13.2. The van der Waals surface area contributed by atoms with Gasteiger partial charge in [-0.3, -0.25) is 0 Å². The molecule has 0 aliphatic rings. The summed E-state index contributed by atoms with van der Waals surface area (Å²) in [6.45, 7) is 4.96. The molecule has 0 aromatic carbocycles. The molecule has 0 radical (unpaired) electrons. The molecule has 4 nitrogen and oxygen atoms in total. The van der Waals surface area contributed by atoms with E-state index in [-0.39, 0.29) is 13.2 Å². The molecule has 0 aromatic rings. The van der Waals surface area contributed by atoms with Crippen LogP contribution in [-0.4, -0.2) is 31.0 Å². The Balaban J connectivity index is 3.15. The summed E-state index contributed by atoms with van der Waals surface area (Å²) in [6.07, 6.45) is 2.85. The molecule has 0 aliphatic heterocycles. The molecule has 0 spiro atoms. The number of aliphatic hydroxyl groups is 1. The second-order valence-corrected chi connectivity index (χ2v) is 3.68. The second kappa shape index (κ2) is 8.81. The van der Waals surface area contributed by atoms with E-state index in [0.29, 0.717) is 6.54 Å². The zero-order chi connectivity index (χ0) is 10.8. The lowest BCUT2D eigenvalue weighted by atomic mass is 10.1. The molecule has 0 atom stereocenters. The second-order valence-electron chi connectivity index (χ2n) is 3.68. The van der Waals surface area contributed by atoms with Gasteiger partial charge in [-0.1, -0.05) is 26.7 Å². The normalized spacial score (nSPS) is 10.3. The van der Waals surface area contributed by atoms with Crippen LogP contribution in [0.4, 0.5) is 4.79 Å². The van der Waals surface area contributed by atoms with Gasteiger partial charge < -0.3 is 15.2 Å². The first-order valence-corrected chi connectivity index (χ1v) is 5.18. The number of hydrogen-bond donors (Lipinski definition) is 2. The minimum Gasteiger partial charge on any atom is -0.447 e. The average Bonchev–Trinajstić information content (AvgIpc) is 2.13. The van der Waals surface area contributed by atoms with Gasteiger partial charge in [-0.2, -0.15) is 0 Å². The van der Waals surface area contributed by atoms with Crippen LogP contribution in [0.3, 0.4) is 0 Å². The summed E-state index contributed by atoms with van der Waals surface area (Å²) in [5.41, 5.74) is 0. The first-order chi connectivity index (χ1) is 6.66. The molecule has 14 heavy (non-hydrogen) atoms. The highest BCUT2D eigenvalue weighted by atomic mass is 16.6. The van der Waals surface area contributed by atoms with E-state index < -0.39 is 6.09 Å². The third-order valence-electron chi connectivity index (χ3n) is 1.80. The standard InChI is InChI=1S/C10H21NO3/c1-9(2)5-3-4-6-11-10(13)14-8-7-12/h9,12H,3-8H2,1-2H3,(H,11,13). The maximum atomic E-state index is 10.9. The summed E-state index contributed by atoms with van der Waals surface area (Å²) in [6, 6.07) is 0. The van der Waals surface area contributed by atoms with E-state index in [0.717, 1.165) is 18.8 Å². The molecule has 2 N–H and O–H groups in total. The lowest BCUT2D eigenvalue weighted by Crippen LogP contribution is -2.26. The van der Waals surface area contributed by atoms with Crippen molar-refractivity contribution in [3.8, 4) is 0 Å². The molecule has 0 aromatic heterocycles.